The molecule has 4 rings (SSSR count). The number of rotatable bonds is 5. The van der Waals surface area contributed by atoms with Crippen LogP contribution in [-0.2, 0) is 4.79 Å². The van der Waals surface area contributed by atoms with Crippen LogP contribution in [0.2, 0.25) is 0 Å². The van der Waals surface area contributed by atoms with Gasteiger partial charge in [-0.05, 0) is 37.1 Å². The number of alkyl halides is 2. The molecule has 0 aliphatic carbocycles. The second-order valence-corrected chi connectivity index (χ2v) is 7.65. The smallest absolute Gasteiger partial charge is 0.387 e. The van der Waals surface area contributed by atoms with Crippen molar-refractivity contribution >= 4 is 38.3 Å². The Morgan fingerprint density at radius 2 is 2.11 bits per heavy atom. The lowest BCUT2D eigenvalue weighted by molar-refractivity contribution is -0.120. The van der Waals surface area contributed by atoms with Crippen molar-refractivity contribution in [2.24, 2.45) is 5.92 Å². The third kappa shape index (κ3) is 4.22. The van der Waals surface area contributed by atoms with E-state index in [0.717, 1.165) is 34.7 Å². The fourth-order valence-corrected chi connectivity index (χ4v) is 4.36. The Morgan fingerprint density at radius 1 is 1.25 bits per heavy atom. The quantitative estimate of drug-likeness (QED) is 0.668. The molecule has 5 nitrogen and oxygen atoms in total. The largest absolute Gasteiger partial charge is 0.435 e. The molecule has 1 amide bonds. The number of amides is 1. The molecular formula is C20H19F2N3O2S. The first kappa shape index (κ1) is 18.6. The normalized spacial score (nSPS) is 17.1. The van der Waals surface area contributed by atoms with E-state index in [1.54, 1.807) is 23.5 Å². The number of benzene rings is 2. The summed E-state index contributed by atoms with van der Waals surface area (Å²) in [5.41, 5.74) is 1.41. The van der Waals surface area contributed by atoms with Crippen LogP contribution in [0.4, 0.5) is 19.6 Å². The van der Waals surface area contributed by atoms with Crippen LogP contribution in [0.25, 0.3) is 10.2 Å². The summed E-state index contributed by atoms with van der Waals surface area (Å²) >= 11 is 1.62. The van der Waals surface area contributed by atoms with Gasteiger partial charge in [0, 0.05) is 24.8 Å². The Kier molecular flexibility index (Phi) is 5.38. The highest BCUT2D eigenvalue weighted by Crippen LogP contribution is 2.32. The summed E-state index contributed by atoms with van der Waals surface area (Å²) in [6.45, 7) is -1.45. The van der Waals surface area contributed by atoms with Gasteiger partial charge in [0.2, 0.25) is 5.91 Å². The van der Waals surface area contributed by atoms with Crippen molar-refractivity contribution in [1.29, 1.82) is 0 Å². The fourth-order valence-electron chi connectivity index (χ4n) is 3.35. The van der Waals surface area contributed by atoms with Gasteiger partial charge in [-0.25, -0.2) is 4.98 Å². The van der Waals surface area contributed by atoms with E-state index in [0.29, 0.717) is 12.2 Å². The first-order valence-electron chi connectivity index (χ1n) is 9.05. The van der Waals surface area contributed by atoms with Gasteiger partial charge in [-0.15, -0.1) is 0 Å². The molecule has 8 heteroatoms. The maximum Gasteiger partial charge on any atom is 0.387 e. The lowest BCUT2D eigenvalue weighted by Gasteiger charge is -2.31. The average molecular weight is 403 g/mol. The number of carbonyl (C=O) groups excluding carboxylic acids is 1. The molecule has 2 aromatic carbocycles. The number of hydrogen-bond acceptors (Lipinski definition) is 5. The number of thiazole rings is 1. The predicted octanol–water partition coefficient (Wildman–Crippen LogP) is 4.75. The number of anilines is 2. The molecule has 0 spiro atoms. The monoisotopic (exact) mass is 403 g/mol. The number of nitrogens with zero attached hydrogens (tertiary/aromatic N) is 2. The summed E-state index contributed by atoms with van der Waals surface area (Å²) < 4.78 is 30.2. The minimum absolute atomic E-state index is 0.0209. The van der Waals surface area contributed by atoms with Crippen molar-refractivity contribution in [3.63, 3.8) is 0 Å². The van der Waals surface area contributed by atoms with Crippen LogP contribution >= 0.6 is 11.3 Å². The summed E-state index contributed by atoms with van der Waals surface area (Å²) in [5.74, 6) is -0.298. The first-order valence-corrected chi connectivity index (χ1v) is 9.86. The zero-order chi connectivity index (χ0) is 19.5. The second kappa shape index (κ2) is 8.10. The van der Waals surface area contributed by atoms with Gasteiger partial charge >= 0.3 is 6.61 Å². The van der Waals surface area contributed by atoms with E-state index in [-0.39, 0.29) is 17.6 Å². The van der Waals surface area contributed by atoms with Crippen LogP contribution < -0.4 is 15.0 Å². The number of piperidine rings is 1. The topological polar surface area (TPSA) is 54.5 Å². The van der Waals surface area contributed by atoms with E-state index in [9.17, 15) is 13.6 Å². The van der Waals surface area contributed by atoms with Crippen molar-refractivity contribution in [2.45, 2.75) is 19.5 Å². The summed E-state index contributed by atoms with van der Waals surface area (Å²) in [6.07, 6.45) is 1.67. The number of halogens is 2. The molecule has 1 N–H and O–H groups in total. The molecule has 1 saturated heterocycles. The van der Waals surface area contributed by atoms with E-state index in [1.165, 1.54) is 12.1 Å². The average Bonchev–Trinajstić information content (AvgIpc) is 3.12. The molecule has 1 fully saturated rings. The zero-order valence-electron chi connectivity index (χ0n) is 15.0. The van der Waals surface area contributed by atoms with Crippen molar-refractivity contribution in [2.75, 3.05) is 23.3 Å². The third-order valence-corrected chi connectivity index (χ3v) is 5.77. The molecule has 28 heavy (non-hydrogen) atoms. The van der Waals surface area contributed by atoms with Crippen molar-refractivity contribution < 1.29 is 18.3 Å². The van der Waals surface area contributed by atoms with E-state index >= 15 is 0 Å². The number of ether oxygens (including phenoxy) is 1. The SMILES string of the molecule is O=C(Nc1cccc(OC(F)F)c1)C1CCCN(c2nc3ccccc3s2)C1. The number of nitrogens with one attached hydrogen (secondary N) is 1. The standard InChI is InChI=1S/C20H19F2N3O2S/c21-19(22)27-15-7-3-6-14(11-15)23-18(26)13-5-4-10-25(12-13)20-24-16-8-1-2-9-17(16)28-20/h1-3,6-9,11,13,19H,4-5,10,12H2,(H,23,26). The first-order chi connectivity index (χ1) is 13.6. The summed E-state index contributed by atoms with van der Waals surface area (Å²) in [7, 11) is 0. The van der Waals surface area contributed by atoms with Gasteiger partial charge in [0.15, 0.2) is 5.13 Å². The molecular weight excluding hydrogens is 384 g/mol. The highest BCUT2D eigenvalue weighted by molar-refractivity contribution is 7.22. The summed E-state index contributed by atoms with van der Waals surface area (Å²) in [4.78, 5) is 19.5. The molecule has 1 aromatic heterocycles. The lowest BCUT2D eigenvalue weighted by atomic mass is 9.97. The summed E-state index contributed by atoms with van der Waals surface area (Å²) in [6, 6.07) is 14.0. The van der Waals surface area contributed by atoms with Gasteiger partial charge in [0.05, 0.1) is 16.1 Å². The van der Waals surface area contributed by atoms with Gasteiger partial charge in [-0.1, -0.05) is 29.5 Å². The Bertz CT molecular complexity index is 946. The zero-order valence-corrected chi connectivity index (χ0v) is 15.8. The van der Waals surface area contributed by atoms with Crippen LogP contribution in [-0.4, -0.2) is 30.6 Å². The maximum absolute atomic E-state index is 12.7. The number of carbonyl (C=O) groups is 1. The lowest BCUT2D eigenvalue weighted by Crippen LogP contribution is -2.40. The Balaban J connectivity index is 1.43. The number of hydrogen-bond donors (Lipinski definition) is 1. The molecule has 0 radical (unpaired) electrons. The minimum atomic E-state index is -2.90. The van der Waals surface area contributed by atoms with Gasteiger partial charge in [-0.3, -0.25) is 4.79 Å². The molecule has 0 saturated carbocycles. The predicted molar refractivity (Wildman–Crippen MR) is 106 cm³/mol. The fraction of sp³-hybridized carbons (Fsp3) is 0.300. The van der Waals surface area contributed by atoms with Crippen LogP contribution in [0.3, 0.4) is 0 Å². The van der Waals surface area contributed by atoms with E-state index < -0.39 is 6.61 Å². The van der Waals surface area contributed by atoms with Gasteiger partial charge in [0.25, 0.3) is 0 Å². The number of aromatic nitrogens is 1. The van der Waals surface area contributed by atoms with Crippen molar-refractivity contribution in [3.05, 3.63) is 48.5 Å². The minimum Gasteiger partial charge on any atom is -0.435 e. The van der Waals surface area contributed by atoms with Gasteiger partial charge in [0.1, 0.15) is 5.75 Å². The Hall–Kier alpha value is -2.74. The molecule has 1 unspecified atom stereocenters. The number of fused-ring (bicyclic) bond motifs is 1. The molecule has 146 valence electrons. The maximum atomic E-state index is 12.7. The third-order valence-electron chi connectivity index (χ3n) is 4.67. The summed E-state index contributed by atoms with van der Waals surface area (Å²) in [5, 5.41) is 3.74. The van der Waals surface area contributed by atoms with Crippen LogP contribution in [0.15, 0.2) is 48.5 Å². The molecule has 0 bridgehead atoms. The molecule has 1 aliphatic rings. The van der Waals surface area contributed by atoms with Crippen molar-refractivity contribution in [3.8, 4) is 5.75 Å². The van der Waals surface area contributed by atoms with E-state index in [4.69, 9.17) is 0 Å². The Labute approximate surface area is 164 Å². The van der Waals surface area contributed by atoms with Crippen LogP contribution in [0.5, 0.6) is 5.75 Å². The van der Waals surface area contributed by atoms with E-state index in [2.05, 4.69) is 19.9 Å². The molecule has 3 aromatic rings. The van der Waals surface area contributed by atoms with Crippen LogP contribution in [0, 0.1) is 5.92 Å². The van der Waals surface area contributed by atoms with Crippen LogP contribution in [0.1, 0.15) is 12.8 Å². The van der Waals surface area contributed by atoms with Gasteiger partial charge < -0.3 is 15.0 Å². The highest BCUT2D eigenvalue weighted by Gasteiger charge is 2.27. The molecule has 2 heterocycles. The van der Waals surface area contributed by atoms with Crippen molar-refractivity contribution in [1.82, 2.24) is 4.98 Å². The number of para-hydroxylation sites is 1. The molecule has 1 atom stereocenters. The molecule has 1 aliphatic heterocycles. The highest BCUT2D eigenvalue weighted by atomic mass is 32.1. The second-order valence-electron chi connectivity index (χ2n) is 6.64. The van der Waals surface area contributed by atoms with Gasteiger partial charge in [-0.2, -0.15) is 8.78 Å². The van der Waals surface area contributed by atoms with E-state index in [1.807, 2.05) is 24.3 Å². The Morgan fingerprint density at radius 3 is 2.93 bits per heavy atom.